The maximum Gasteiger partial charge on any atom is 0.338 e. The van der Waals surface area contributed by atoms with Crippen LogP contribution in [0.2, 0.25) is 0 Å². The zero-order valence-electron chi connectivity index (χ0n) is 22.4. The predicted molar refractivity (Wildman–Crippen MR) is 152 cm³/mol. The fraction of sp³-hybridized carbons (Fsp3) is 0.200. The fourth-order valence-corrected chi connectivity index (χ4v) is 5.58. The summed E-state index contributed by atoms with van der Waals surface area (Å²) in [6, 6.07) is 16.8. The molecule has 2 aromatic carbocycles. The Morgan fingerprint density at radius 3 is 2.42 bits per heavy atom. The summed E-state index contributed by atoms with van der Waals surface area (Å²) < 4.78 is 13.2. The number of carbonyl (C=O) groups excluding carboxylic acids is 1. The van der Waals surface area contributed by atoms with Crippen LogP contribution in [0.4, 0.5) is 5.69 Å². The Hall–Kier alpha value is -4.70. The molecule has 1 atom stereocenters. The van der Waals surface area contributed by atoms with Gasteiger partial charge in [0.15, 0.2) is 4.80 Å². The molecule has 0 amide bonds. The summed E-state index contributed by atoms with van der Waals surface area (Å²) in [6.07, 6.45) is 1.65. The first-order valence-corrected chi connectivity index (χ1v) is 13.4. The number of carboxylic acid groups (broad SMARTS) is 1. The second-order valence-corrected chi connectivity index (χ2v) is 10.4. The zero-order chi connectivity index (χ0) is 28.6. The van der Waals surface area contributed by atoms with Crippen LogP contribution < -0.4 is 19.8 Å². The van der Waals surface area contributed by atoms with E-state index in [0.717, 1.165) is 11.3 Å². The maximum absolute atomic E-state index is 13.8. The molecule has 0 saturated carbocycles. The first-order valence-electron chi connectivity index (χ1n) is 12.6. The van der Waals surface area contributed by atoms with E-state index in [9.17, 15) is 14.4 Å². The maximum atomic E-state index is 13.8. The molecule has 0 aliphatic carbocycles. The molecule has 4 aromatic rings. The Bertz CT molecular complexity index is 1810. The SMILES string of the molecule is CCOC(=O)C1=C(C)N=c2s/c(=C/c3ccc(-c4ccc(C(=O)O)cc4)o3)c(=O)n2C1c1ccc(N(C)C)cc1. The van der Waals surface area contributed by atoms with Gasteiger partial charge < -0.3 is 19.2 Å². The summed E-state index contributed by atoms with van der Waals surface area (Å²) in [5, 5.41) is 9.13. The molecule has 10 heteroatoms. The van der Waals surface area contributed by atoms with E-state index in [4.69, 9.17) is 14.3 Å². The number of aromatic carboxylic acids is 1. The van der Waals surface area contributed by atoms with Crippen LogP contribution in [-0.2, 0) is 9.53 Å². The largest absolute Gasteiger partial charge is 0.478 e. The molecule has 2 aromatic heterocycles. The van der Waals surface area contributed by atoms with Gasteiger partial charge in [0.1, 0.15) is 11.5 Å². The number of aromatic nitrogens is 1. The smallest absolute Gasteiger partial charge is 0.338 e. The first-order chi connectivity index (χ1) is 19.2. The van der Waals surface area contributed by atoms with Crippen molar-refractivity contribution in [3.63, 3.8) is 0 Å². The Balaban J connectivity index is 1.59. The standard InChI is InChI=1S/C30H27N3O6S/c1-5-38-29(37)25-17(2)31-30-33(26(25)19-10-12-21(13-11-19)32(3)4)27(34)24(40-30)16-22-14-15-23(39-22)18-6-8-20(9-7-18)28(35)36/h6-16,26H,5H2,1-4H3,(H,35,36)/b24-16+. The van der Waals surface area contributed by atoms with Crippen LogP contribution in [0.1, 0.15) is 41.6 Å². The molecular weight excluding hydrogens is 530 g/mol. The van der Waals surface area contributed by atoms with Crippen molar-refractivity contribution in [1.82, 2.24) is 4.57 Å². The molecule has 0 radical (unpaired) electrons. The number of thiazole rings is 1. The number of carbonyl (C=O) groups is 2. The molecule has 1 unspecified atom stereocenters. The van der Waals surface area contributed by atoms with E-state index < -0.39 is 18.0 Å². The van der Waals surface area contributed by atoms with Gasteiger partial charge in [-0.25, -0.2) is 14.6 Å². The van der Waals surface area contributed by atoms with Crippen LogP contribution in [0.5, 0.6) is 0 Å². The summed E-state index contributed by atoms with van der Waals surface area (Å²) in [5.74, 6) is -0.522. The lowest BCUT2D eigenvalue weighted by atomic mass is 9.95. The van der Waals surface area contributed by atoms with Gasteiger partial charge in [-0.2, -0.15) is 0 Å². The number of fused-ring (bicyclic) bond motifs is 1. The van der Waals surface area contributed by atoms with Crippen molar-refractivity contribution in [1.29, 1.82) is 0 Å². The molecule has 1 aliphatic heterocycles. The summed E-state index contributed by atoms with van der Waals surface area (Å²) in [4.78, 5) is 45.0. The predicted octanol–water partition coefficient (Wildman–Crippen LogP) is 3.82. The van der Waals surface area contributed by atoms with E-state index in [1.807, 2.05) is 43.3 Å². The minimum absolute atomic E-state index is 0.181. The molecule has 1 N–H and O–H groups in total. The number of allylic oxidation sites excluding steroid dienone is 1. The van der Waals surface area contributed by atoms with E-state index in [2.05, 4.69) is 4.99 Å². The number of esters is 1. The van der Waals surface area contributed by atoms with Crippen LogP contribution >= 0.6 is 11.3 Å². The number of hydrogen-bond donors (Lipinski definition) is 1. The van der Waals surface area contributed by atoms with Crippen molar-refractivity contribution in [3.8, 4) is 11.3 Å². The number of furan rings is 1. The van der Waals surface area contributed by atoms with Gasteiger partial charge in [0.05, 0.1) is 34.0 Å². The van der Waals surface area contributed by atoms with Crippen molar-refractivity contribution in [2.45, 2.75) is 19.9 Å². The number of hydrogen-bond acceptors (Lipinski definition) is 8. The number of carboxylic acids is 1. The molecule has 40 heavy (non-hydrogen) atoms. The quantitative estimate of drug-likeness (QED) is 0.344. The van der Waals surface area contributed by atoms with Gasteiger partial charge in [-0.1, -0.05) is 35.6 Å². The first kappa shape index (κ1) is 26.9. The third-order valence-electron chi connectivity index (χ3n) is 6.56. The van der Waals surface area contributed by atoms with Crippen molar-refractivity contribution in [3.05, 3.63) is 109 Å². The Kier molecular flexibility index (Phi) is 7.27. The molecule has 0 spiro atoms. The highest BCUT2D eigenvalue weighted by Gasteiger charge is 2.33. The third kappa shape index (κ3) is 5.01. The van der Waals surface area contributed by atoms with E-state index in [1.54, 1.807) is 44.2 Å². The van der Waals surface area contributed by atoms with Gasteiger partial charge in [0, 0.05) is 31.4 Å². The second-order valence-electron chi connectivity index (χ2n) is 9.37. The van der Waals surface area contributed by atoms with Gasteiger partial charge in [0.25, 0.3) is 5.56 Å². The van der Waals surface area contributed by atoms with E-state index in [0.29, 0.717) is 37.7 Å². The topological polar surface area (TPSA) is 114 Å². The number of anilines is 1. The van der Waals surface area contributed by atoms with E-state index >= 15 is 0 Å². The second kappa shape index (κ2) is 10.8. The summed E-state index contributed by atoms with van der Waals surface area (Å²) in [7, 11) is 3.88. The van der Waals surface area contributed by atoms with E-state index in [1.165, 1.54) is 28.0 Å². The van der Waals surface area contributed by atoms with Gasteiger partial charge >= 0.3 is 11.9 Å². The minimum Gasteiger partial charge on any atom is -0.478 e. The molecule has 0 saturated heterocycles. The Morgan fingerprint density at radius 2 is 1.80 bits per heavy atom. The molecule has 204 valence electrons. The van der Waals surface area contributed by atoms with Gasteiger partial charge in [0.2, 0.25) is 0 Å². The highest BCUT2D eigenvalue weighted by Crippen LogP contribution is 2.31. The van der Waals surface area contributed by atoms with Gasteiger partial charge in [-0.3, -0.25) is 9.36 Å². The molecule has 5 rings (SSSR count). The molecule has 9 nitrogen and oxygen atoms in total. The normalized spacial score (nSPS) is 15.0. The molecule has 3 heterocycles. The Morgan fingerprint density at radius 1 is 1.10 bits per heavy atom. The average molecular weight is 558 g/mol. The van der Waals surface area contributed by atoms with Crippen molar-refractivity contribution < 1.29 is 23.8 Å². The number of benzene rings is 2. The van der Waals surface area contributed by atoms with Crippen LogP contribution in [0.25, 0.3) is 17.4 Å². The van der Waals surface area contributed by atoms with Crippen molar-refractivity contribution >= 4 is 35.0 Å². The molecule has 0 bridgehead atoms. The lowest BCUT2D eigenvalue weighted by molar-refractivity contribution is -0.139. The molecule has 0 fully saturated rings. The fourth-order valence-electron chi connectivity index (χ4n) is 4.55. The third-order valence-corrected chi connectivity index (χ3v) is 7.54. The number of ether oxygens (including phenoxy) is 1. The number of nitrogens with zero attached hydrogens (tertiary/aromatic N) is 3. The van der Waals surface area contributed by atoms with Crippen molar-refractivity contribution in [2.24, 2.45) is 4.99 Å². The summed E-state index contributed by atoms with van der Waals surface area (Å²) in [6.45, 7) is 3.69. The highest BCUT2D eigenvalue weighted by atomic mass is 32.1. The monoisotopic (exact) mass is 557 g/mol. The lowest BCUT2D eigenvalue weighted by Crippen LogP contribution is -2.39. The minimum atomic E-state index is -1.00. The van der Waals surface area contributed by atoms with Gasteiger partial charge in [-0.05, 0) is 55.8 Å². The molecule has 1 aliphatic rings. The summed E-state index contributed by atoms with van der Waals surface area (Å²) >= 11 is 1.21. The highest BCUT2D eigenvalue weighted by molar-refractivity contribution is 7.07. The lowest BCUT2D eigenvalue weighted by Gasteiger charge is -2.25. The van der Waals surface area contributed by atoms with Crippen LogP contribution in [0, 0.1) is 0 Å². The summed E-state index contributed by atoms with van der Waals surface area (Å²) in [5.41, 5.74) is 3.16. The van der Waals surface area contributed by atoms with E-state index in [-0.39, 0.29) is 17.7 Å². The van der Waals surface area contributed by atoms with Crippen molar-refractivity contribution in [2.75, 3.05) is 25.6 Å². The van der Waals surface area contributed by atoms with Gasteiger partial charge in [-0.15, -0.1) is 0 Å². The Labute approximate surface area is 233 Å². The van der Waals surface area contributed by atoms with Crippen LogP contribution in [-0.4, -0.2) is 42.3 Å². The zero-order valence-corrected chi connectivity index (χ0v) is 23.2. The average Bonchev–Trinajstić information content (AvgIpc) is 3.52. The molecular formula is C30H27N3O6S. The number of rotatable bonds is 7. The van der Waals surface area contributed by atoms with Crippen LogP contribution in [0.15, 0.2) is 86.1 Å². The van der Waals surface area contributed by atoms with Crippen LogP contribution in [0.3, 0.4) is 0 Å².